The van der Waals surface area contributed by atoms with E-state index in [9.17, 15) is 0 Å². The average molecular weight is 517 g/mol. The highest BCUT2D eigenvalue weighted by Gasteiger charge is 2.18. The molecule has 1 aromatic carbocycles. The smallest absolute Gasteiger partial charge is 0.191 e. The van der Waals surface area contributed by atoms with Crippen molar-refractivity contribution in [2.75, 3.05) is 33.9 Å². The maximum Gasteiger partial charge on any atom is 0.191 e. The summed E-state index contributed by atoms with van der Waals surface area (Å²) in [5, 5.41) is 6.87. The van der Waals surface area contributed by atoms with Crippen LogP contribution in [0.25, 0.3) is 0 Å². The van der Waals surface area contributed by atoms with Gasteiger partial charge in [0.1, 0.15) is 0 Å². The number of guanidine groups is 1. The van der Waals surface area contributed by atoms with Crippen molar-refractivity contribution in [3.63, 3.8) is 0 Å². The van der Waals surface area contributed by atoms with Crippen molar-refractivity contribution in [2.45, 2.75) is 71.0 Å². The van der Waals surface area contributed by atoms with E-state index in [0.29, 0.717) is 0 Å². The second-order valence-electron chi connectivity index (χ2n) is 7.73. The lowest BCUT2D eigenvalue weighted by Gasteiger charge is -2.31. The Bertz CT molecular complexity index is 576. The molecule has 1 fully saturated rings. The zero-order valence-electron chi connectivity index (χ0n) is 18.6. The molecule has 0 atom stereocenters. The molecule has 0 heterocycles. The average Bonchev–Trinajstić information content (AvgIpc) is 2.74. The van der Waals surface area contributed by atoms with Gasteiger partial charge < -0.3 is 15.4 Å². The normalized spacial score (nSPS) is 15.2. The summed E-state index contributed by atoms with van der Waals surface area (Å²) < 4.78 is 5.38. The predicted octanol–water partition coefficient (Wildman–Crippen LogP) is 4.55. The van der Waals surface area contributed by atoms with Crippen molar-refractivity contribution in [2.24, 2.45) is 4.99 Å². The van der Waals surface area contributed by atoms with Crippen molar-refractivity contribution in [3.05, 3.63) is 35.4 Å². The van der Waals surface area contributed by atoms with Crippen LogP contribution in [-0.2, 0) is 17.8 Å². The van der Waals surface area contributed by atoms with Crippen molar-refractivity contribution in [3.8, 4) is 0 Å². The minimum Gasteiger partial charge on any atom is -0.382 e. The molecule has 0 aliphatic heterocycles. The third-order valence-corrected chi connectivity index (χ3v) is 5.62. The number of ether oxygens (including phenoxy) is 1. The highest BCUT2D eigenvalue weighted by molar-refractivity contribution is 14.0. The summed E-state index contributed by atoms with van der Waals surface area (Å²) in [7, 11) is 4.11. The van der Waals surface area contributed by atoms with Crippen LogP contribution in [0.5, 0.6) is 0 Å². The van der Waals surface area contributed by atoms with Gasteiger partial charge in [-0.05, 0) is 50.8 Å². The molecule has 0 unspecified atom stereocenters. The fourth-order valence-electron chi connectivity index (χ4n) is 3.88. The van der Waals surface area contributed by atoms with Crippen LogP contribution >= 0.6 is 24.0 Å². The molecule has 166 valence electrons. The molecule has 2 rings (SSSR count). The topological polar surface area (TPSA) is 48.9 Å². The Morgan fingerprint density at radius 2 is 1.83 bits per heavy atom. The molecule has 2 N–H and O–H groups in total. The van der Waals surface area contributed by atoms with Crippen molar-refractivity contribution < 1.29 is 4.74 Å². The first-order valence-corrected chi connectivity index (χ1v) is 11.0. The van der Waals surface area contributed by atoms with E-state index in [-0.39, 0.29) is 24.0 Å². The van der Waals surface area contributed by atoms with E-state index in [2.05, 4.69) is 51.8 Å². The fraction of sp³-hybridized carbons (Fsp3) is 0.696. The first kappa shape index (κ1) is 26.2. The zero-order valence-corrected chi connectivity index (χ0v) is 20.9. The number of hydrogen-bond donors (Lipinski definition) is 2. The summed E-state index contributed by atoms with van der Waals surface area (Å²) in [5.41, 5.74) is 2.76. The van der Waals surface area contributed by atoms with E-state index in [1.807, 2.05) is 14.0 Å². The lowest BCUT2D eigenvalue weighted by molar-refractivity contribution is 0.143. The van der Waals surface area contributed by atoms with Gasteiger partial charge in [0.05, 0.1) is 0 Å². The van der Waals surface area contributed by atoms with Crippen molar-refractivity contribution in [1.82, 2.24) is 15.5 Å². The molecular formula is C23H41IN4O. The van der Waals surface area contributed by atoms with Crippen molar-refractivity contribution in [1.29, 1.82) is 0 Å². The zero-order chi connectivity index (χ0) is 20.0. The lowest BCUT2D eigenvalue weighted by Crippen LogP contribution is -2.38. The highest BCUT2D eigenvalue weighted by Crippen LogP contribution is 2.23. The second kappa shape index (κ2) is 15.9. The predicted molar refractivity (Wildman–Crippen MR) is 134 cm³/mol. The molecule has 0 amide bonds. The summed E-state index contributed by atoms with van der Waals surface area (Å²) in [6.45, 7) is 6.41. The number of halogens is 1. The van der Waals surface area contributed by atoms with Crippen molar-refractivity contribution >= 4 is 29.9 Å². The van der Waals surface area contributed by atoms with Crippen LogP contribution in [0.3, 0.4) is 0 Å². The maximum absolute atomic E-state index is 5.38. The summed E-state index contributed by atoms with van der Waals surface area (Å²) in [5.74, 6) is 0.867. The second-order valence-corrected chi connectivity index (χ2v) is 7.73. The van der Waals surface area contributed by atoms with Crippen LogP contribution in [0.4, 0.5) is 0 Å². The van der Waals surface area contributed by atoms with Crippen LogP contribution in [0.1, 0.15) is 63.0 Å². The number of nitrogens with one attached hydrogen (secondary N) is 2. The molecule has 1 aliphatic rings. The third kappa shape index (κ3) is 10.1. The van der Waals surface area contributed by atoms with E-state index in [0.717, 1.165) is 57.7 Å². The van der Waals surface area contributed by atoms with E-state index >= 15 is 0 Å². The summed E-state index contributed by atoms with van der Waals surface area (Å²) in [6, 6.07) is 9.51. The molecule has 6 heteroatoms. The van der Waals surface area contributed by atoms with Crippen LogP contribution in [0, 0.1) is 0 Å². The molecule has 0 aromatic heterocycles. The van der Waals surface area contributed by atoms with Crippen LogP contribution < -0.4 is 10.6 Å². The van der Waals surface area contributed by atoms with Gasteiger partial charge in [0.2, 0.25) is 0 Å². The van der Waals surface area contributed by atoms with Gasteiger partial charge in [0.15, 0.2) is 5.96 Å². The van der Waals surface area contributed by atoms with Gasteiger partial charge in [-0.3, -0.25) is 9.89 Å². The van der Waals surface area contributed by atoms with Crippen LogP contribution in [0.15, 0.2) is 29.3 Å². The van der Waals surface area contributed by atoms with Gasteiger partial charge in [0, 0.05) is 45.9 Å². The number of unbranched alkanes of at least 4 members (excludes halogenated alkanes) is 1. The third-order valence-electron chi connectivity index (χ3n) is 5.62. The first-order valence-electron chi connectivity index (χ1n) is 11.0. The summed E-state index contributed by atoms with van der Waals surface area (Å²) >= 11 is 0. The Morgan fingerprint density at radius 1 is 1.10 bits per heavy atom. The highest BCUT2D eigenvalue weighted by atomic mass is 127. The Labute approximate surface area is 195 Å². The minimum absolute atomic E-state index is 0. The number of hydrogen-bond acceptors (Lipinski definition) is 3. The molecule has 1 aliphatic carbocycles. The molecule has 0 bridgehead atoms. The molecule has 5 nitrogen and oxygen atoms in total. The summed E-state index contributed by atoms with van der Waals surface area (Å²) in [6.07, 6.45) is 9.02. The molecule has 1 saturated carbocycles. The molecular weight excluding hydrogens is 475 g/mol. The van der Waals surface area contributed by atoms with Gasteiger partial charge in [-0.25, -0.2) is 0 Å². The van der Waals surface area contributed by atoms with E-state index in [4.69, 9.17) is 4.74 Å². The number of rotatable bonds is 11. The van der Waals surface area contributed by atoms with Crippen LogP contribution in [0.2, 0.25) is 0 Å². The minimum atomic E-state index is 0. The number of benzene rings is 1. The lowest BCUT2D eigenvalue weighted by atomic mass is 9.94. The Hall–Kier alpha value is -0.860. The summed E-state index contributed by atoms with van der Waals surface area (Å²) in [4.78, 5) is 6.90. The number of nitrogens with zero attached hydrogens (tertiary/aromatic N) is 2. The monoisotopic (exact) mass is 516 g/mol. The molecule has 0 radical (unpaired) electrons. The molecule has 29 heavy (non-hydrogen) atoms. The standard InChI is InChI=1S/C23H40N4O.HI/c1-4-28-17-11-10-16-25-23(24-2)26-18-20-12-8-9-13-21(20)19-27(3)22-14-6-5-7-15-22;/h8-9,12-13,22H,4-7,10-11,14-19H2,1-3H3,(H2,24,25,26);1H. The Balaban J connectivity index is 0.00000420. The maximum atomic E-state index is 5.38. The fourth-order valence-corrected chi connectivity index (χ4v) is 3.88. The molecule has 0 spiro atoms. The Morgan fingerprint density at radius 3 is 2.52 bits per heavy atom. The van der Waals surface area contributed by atoms with E-state index < -0.39 is 0 Å². The molecule has 0 saturated heterocycles. The largest absolute Gasteiger partial charge is 0.382 e. The van der Waals surface area contributed by atoms with Crippen LogP contribution in [-0.4, -0.2) is 50.8 Å². The quantitative estimate of drug-likeness (QED) is 0.196. The SMILES string of the molecule is CCOCCCCNC(=NC)NCc1ccccc1CN(C)C1CCCCC1.I. The molecule has 1 aromatic rings. The van der Waals surface area contributed by atoms with Gasteiger partial charge in [-0.15, -0.1) is 24.0 Å². The Kier molecular flexibility index (Phi) is 14.4. The van der Waals surface area contributed by atoms with Gasteiger partial charge >= 0.3 is 0 Å². The number of aliphatic imine (C=N–C) groups is 1. The van der Waals surface area contributed by atoms with Gasteiger partial charge in [-0.1, -0.05) is 43.5 Å². The first-order chi connectivity index (χ1) is 13.7. The van der Waals surface area contributed by atoms with Gasteiger partial charge in [0.25, 0.3) is 0 Å². The van der Waals surface area contributed by atoms with Gasteiger partial charge in [-0.2, -0.15) is 0 Å². The van der Waals surface area contributed by atoms with E-state index in [1.165, 1.54) is 43.2 Å². The van der Waals surface area contributed by atoms with E-state index in [1.54, 1.807) is 0 Å².